The van der Waals surface area contributed by atoms with Gasteiger partial charge in [0, 0.05) is 23.1 Å². The molecule has 0 unspecified atom stereocenters. The summed E-state index contributed by atoms with van der Waals surface area (Å²) in [5.41, 5.74) is 1.73. The number of amides is 1. The summed E-state index contributed by atoms with van der Waals surface area (Å²) in [7, 11) is 1.53. The van der Waals surface area contributed by atoms with Gasteiger partial charge in [-0.2, -0.15) is 0 Å². The fourth-order valence-corrected chi connectivity index (χ4v) is 2.32. The van der Waals surface area contributed by atoms with Crippen LogP contribution in [0.15, 0.2) is 46.9 Å². The second-order valence-electron chi connectivity index (χ2n) is 5.00. The minimum Gasteiger partial charge on any atom is -0.495 e. The van der Waals surface area contributed by atoms with Gasteiger partial charge in [-0.25, -0.2) is 0 Å². The lowest BCUT2D eigenvalue weighted by molar-refractivity contribution is 0.102. The second kappa shape index (κ2) is 6.72. The van der Waals surface area contributed by atoms with Gasteiger partial charge in [-0.1, -0.05) is 11.6 Å². The van der Waals surface area contributed by atoms with E-state index < -0.39 is 0 Å². The van der Waals surface area contributed by atoms with Gasteiger partial charge >= 0.3 is 0 Å². The van der Waals surface area contributed by atoms with Crippen LogP contribution < -0.4 is 10.1 Å². The zero-order chi connectivity index (χ0) is 17.1. The molecule has 0 aliphatic rings. The average Bonchev–Trinajstić information content (AvgIpc) is 3.02. The van der Waals surface area contributed by atoms with Crippen LogP contribution in [0.4, 0.5) is 5.69 Å². The number of hydrogen-bond acceptors (Lipinski definition) is 5. The number of aromatic nitrogens is 2. The number of halogens is 1. The van der Waals surface area contributed by atoms with Crippen molar-refractivity contribution in [3.05, 3.63) is 58.9 Å². The van der Waals surface area contributed by atoms with E-state index in [1.807, 2.05) is 0 Å². The number of carbonyl (C=O) groups is 1. The molecule has 2 aromatic carbocycles. The van der Waals surface area contributed by atoms with Crippen LogP contribution in [0.1, 0.15) is 16.2 Å². The third-order valence-corrected chi connectivity index (χ3v) is 3.56. The Morgan fingerprint density at radius 1 is 1.17 bits per heavy atom. The van der Waals surface area contributed by atoms with E-state index in [9.17, 15) is 4.79 Å². The molecule has 122 valence electrons. The summed E-state index contributed by atoms with van der Waals surface area (Å²) in [5, 5.41) is 11.0. The molecule has 0 fully saturated rings. The Balaban J connectivity index is 1.79. The van der Waals surface area contributed by atoms with Crippen LogP contribution in [0.25, 0.3) is 11.5 Å². The molecule has 0 aliphatic heterocycles. The molecule has 7 heteroatoms. The third kappa shape index (κ3) is 3.38. The fraction of sp³-hybridized carbons (Fsp3) is 0.118. The minimum atomic E-state index is -0.274. The molecule has 1 amide bonds. The summed E-state index contributed by atoms with van der Waals surface area (Å²) in [6.07, 6.45) is 0. The highest BCUT2D eigenvalue weighted by atomic mass is 35.5. The zero-order valence-electron chi connectivity index (χ0n) is 13.0. The van der Waals surface area contributed by atoms with Gasteiger partial charge in [-0.3, -0.25) is 4.79 Å². The van der Waals surface area contributed by atoms with Crippen LogP contribution in [0.2, 0.25) is 5.02 Å². The quantitative estimate of drug-likeness (QED) is 0.775. The van der Waals surface area contributed by atoms with E-state index in [-0.39, 0.29) is 5.91 Å². The number of methoxy groups -OCH3 is 1. The first-order valence-electron chi connectivity index (χ1n) is 7.12. The lowest BCUT2D eigenvalue weighted by atomic mass is 10.1. The largest absolute Gasteiger partial charge is 0.495 e. The maximum absolute atomic E-state index is 12.4. The van der Waals surface area contributed by atoms with Gasteiger partial charge in [0.2, 0.25) is 11.8 Å². The van der Waals surface area contributed by atoms with Crippen LogP contribution in [0, 0.1) is 6.92 Å². The molecule has 0 saturated heterocycles. The highest BCUT2D eigenvalue weighted by Crippen LogP contribution is 2.28. The number of carbonyl (C=O) groups excluding carboxylic acids is 1. The monoisotopic (exact) mass is 343 g/mol. The van der Waals surface area contributed by atoms with Gasteiger partial charge in [0.25, 0.3) is 5.91 Å². The Bertz CT molecular complexity index is 875. The van der Waals surface area contributed by atoms with Crippen molar-refractivity contribution in [2.45, 2.75) is 6.92 Å². The minimum absolute atomic E-state index is 0.274. The molecule has 24 heavy (non-hydrogen) atoms. The number of benzene rings is 2. The maximum Gasteiger partial charge on any atom is 0.255 e. The van der Waals surface area contributed by atoms with E-state index in [0.29, 0.717) is 33.8 Å². The number of rotatable bonds is 4. The Labute approximate surface area is 143 Å². The first-order chi connectivity index (χ1) is 11.6. The van der Waals surface area contributed by atoms with Crippen molar-refractivity contribution in [1.82, 2.24) is 10.2 Å². The van der Waals surface area contributed by atoms with Crippen LogP contribution >= 0.6 is 11.6 Å². The standard InChI is InChI=1S/C17H14ClN3O3/c1-10-20-21-17(24-10)12-5-3-11(4-6-12)16(22)19-14-9-13(18)7-8-15(14)23-2/h3-9H,1-2H3,(H,19,22). The van der Waals surface area contributed by atoms with Crippen LogP contribution in [0.3, 0.4) is 0 Å². The van der Waals surface area contributed by atoms with Crippen molar-refractivity contribution < 1.29 is 13.9 Å². The summed E-state index contributed by atoms with van der Waals surface area (Å²) in [6.45, 7) is 1.72. The Kier molecular flexibility index (Phi) is 4.48. The van der Waals surface area contributed by atoms with E-state index in [1.54, 1.807) is 49.4 Å². The van der Waals surface area contributed by atoms with Crippen molar-refractivity contribution in [2.75, 3.05) is 12.4 Å². The molecule has 1 aromatic heterocycles. The lowest BCUT2D eigenvalue weighted by Crippen LogP contribution is -2.12. The smallest absolute Gasteiger partial charge is 0.255 e. The Morgan fingerprint density at radius 3 is 2.54 bits per heavy atom. The molecule has 0 saturated carbocycles. The van der Waals surface area contributed by atoms with Crippen molar-refractivity contribution in [3.63, 3.8) is 0 Å². The highest BCUT2D eigenvalue weighted by molar-refractivity contribution is 6.31. The molecule has 0 spiro atoms. The predicted molar refractivity (Wildman–Crippen MR) is 90.4 cm³/mol. The van der Waals surface area contributed by atoms with Crippen LogP contribution in [-0.2, 0) is 0 Å². The summed E-state index contributed by atoms with van der Waals surface area (Å²) >= 11 is 5.96. The normalized spacial score (nSPS) is 10.5. The van der Waals surface area contributed by atoms with Crippen LogP contribution in [-0.4, -0.2) is 23.2 Å². The molecule has 1 heterocycles. The van der Waals surface area contributed by atoms with Gasteiger partial charge in [0.05, 0.1) is 12.8 Å². The first-order valence-corrected chi connectivity index (χ1v) is 7.50. The number of nitrogens with zero attached hydrogens (tertiary/aromatic N) is 2. The van der Waals surface area contributed by atoms with E-state index in [2.05, 4.69) is 15.5 Å². The van der Waals surface area contributed by atoms with E-state index >= 15 is 0 Å². The van der Waals surface area contributed by atoms with Crippen LogP contribution in [0.5, 0.6) is 5.75 Å². The van der Waals surface area contributed by atoms with E-state index in [0.717, 1.165) is 5.56 Å². The first kappa shape index (κ1) is 16.0. The summed E-state index contributed by atoms with van der Waals surface area (Å²) in [4.78, 5) is 12.4. The topological polar surface area (TPSA) is 77.2 Å². The molecular formula is C17H14ClN3O3. The number of hydrogen-bond donors (Lipinski definition) is 1. The molecule has 3 rings (SSSR count). The lowest BCUT2D eigenvalue weighted by Gasteiger charge is -2.10. The fourth-order valence-electron chi connectivity index (χ4n) is 2.15. The Morgan fingerprint density at radius 2 is 1.92 bits per heavy atom. The van der Waals surface area contributed by atoms with Crippen molar-refractivity contribution in [2.24, 2.45) is 0 Å². The van der Waals surface area contributed by atoms with Gasteiger partial charge < -0.3 is 14.5 Å². The molecule has 6 nitrogen and oxygen atoms in total. The molecule has 1 N–H and O–H groups in total. The molecular weight excluding hydrogens is 330 g/mol. The summed E-state index contributed by atoms with van der Waals surface area (Å²) < 4.78 is 10.6. The molecule has 0 atom stereocenters. The summed E-state index contributed by atoms with van der Waals surface area (Å²) in [6, 6.07) is 11.9. The van der Waals surface area contributed by atoms with Gasteiger partial charge in [-0.05, 0) is 42.5 Å². The maximum atomic E-state index is 12.4. The van der Waals surface area contributed by atoms with Crippen molar-refractivity contribution in [3.8, 4) is 17.2 Å². The van der Waals surface area contributed by atoms with Crippen molar-refractivity contribution >= 4 is 23.2 Å². The zero-order valence-corrected chi connectivity index (χ0v) is 13.8. The van der Waals surface area contributed by atoms with E-state index in [4.69, 9.17) is 20.8 Å². The average molecular weight is 344 g/mol. The molecule has 0 aliphatic carbocycles. The second-order valence-corrected chi connectivity index (χ2v) is 5.44. The van der Waals surface area contributed by atoms with E-state index in [1.165, 1.54) is 7.11 Å². The SMILES string of the molecule is COc1ccc(Cl)cc1NC(=O)c1ccc(-c2nnc(C)o2)cc1. The van der Waals surface area contributed by atoms with Gasteiger partial charge in [-0.15, -0.1) is 10.2 Å². The van der Waals surface area contributed by atoms with Crippen molar-refractivity contribution in [1.29, 1.82) is 0 Å². The highest BCUT2D eigenvalue weighted by Gasteiger charge is 2.12. The molecule has 0 radical (unpaired) electrons. The number of ether oxygens (including phenoxy) is 1. The molecule has 3 aromatic rings. The number of aryl methyl sites for hydroxylation is 1. The van der Waals surface area contributed by atoms with Gasteiger partial charge in [0.1, 0.15) is 5.75 Å². The Hall–Kier alpha value is -2.86. The number of nitrogens with one attached hydrogen (secondary N) is 1. The molecule has 0 bridgehead atoms. The number of anilines is 1. The van der Waals surface area contributed by atoms with Gasteiger partial charge in [0.15, 0.2) is 0 Å². The third-order valence-electron chi connectivity index (χ3n) is 3.33. The summed E-state index contributed by atoms with van der Waals surface area (Å²) in [5.74, 6) is 1.16. The predicted octanol–water partition coefficient (Wildman–Crippen LogP) is 3.96.